The standard InChI is InChI=1S/C19H16N2O3S/c22-17(16-9-4-10-25-16)20-12-5-3-6-13(11-12)21-18(23)14-7-1-2-8-15(14)19(21)24/h1-6,9-11,14-15H,7-8H2,(H,20,22)/t14-,15-/m1/s1. The molecule has 25 heavy (non-hydrogen) atoms. The molecular formula is C19H16N2O3S. The monoisotopic (exact) mass is 352 g/mol. The Balaban J connectivity index is 1.58. The summed E-state index contributed by atoms with van der Waals surface area (Å²) >= 11 is 1.36. The van der Waals surface area contributed by atoms with Gasteiger partial charge in [-0.15, -0.1) is 11.3 Å². The fourth-order valence-corrected chi connectivity index (χ4v) is 4.00. The van der Waals surface area contributed by atoms with E-state index in [-0.39, 0.29) is 29.6 Å². The Morgan fingerprint density at radius 1 is 1.04 bits per heavy atom. The van der Waals surface area contributed by atoms with Crippen molar-refractivity contribution >= 4 is 40.4 Å². The van der Waals surface area contributed by atoms with Crippen molar-refractivity contribution in [3.05, 3.63) is 58.8 Å². The van der Waals surface area contributed by atoms with Crippen LogP contribution in [0.3, 0.4) is 0 Å². The zero-order valence-corrected chi connectivity index (χ0v) is 14.2. The molecule has 1 aromatic heterocycles. The minimum atomic E-state index is -0.262. The normalized spacial score (nSPS) is 22.2. The van der Waals surface area contributed by atoms with Gasteiger partial charge in [0.15, 0.2) is 0 Å². The number of hydrogen-bond acceptors (Lipinski definition) is 4. The fourth-order valence-electron chi connectivity index (χ4n) is 3.38. The van der Waals surface area contributed by atoms with Crippen LogP contribution in [0.1, 0.15) is 22.5 Å². The second kappa shape index (κ2) is 6.29. The van der Waals surface area contributed by atoms with Crippen LogP contribution in [0.15, 0.2) is 53.9 Å². The van der Waals surface area contributed by atoms with Crippen LogP contribution in [0.25, 0.3) is 0 Å². The molecule has 126 valence electrons. The van der Waals surface area contributed by atoms with Crippen molar-refractivity contribution < 1.29 is 14.4 Å². The highest BCUT2D eigenvalue weighted by atomic mass is 32.1. The Bertz CT molecular complexity index is 847. The number of benzene rings is 1. The van der Waals surface area contributed by atoms with Gasteiger partial charge in [0.2, 0.25) is 11.8 Å². The molecule has 0 bridgehead atoms. The Labute approximate surface area is 149 Å². The van der Waals surface area contributed by atoms with Crippen molar-refractivity contribution in [1.29, 1.82) is 0 Å². The van der Waals surface area contributed by atoms with Crippen LogP contribution in [0, 0.1) is 11.8 Å². The number of amides is 3. The van der Waals surface area contributed by atoms with Crippen LogP contribution in [0.4, 0.5) is 11.4 Å². The van der Waals surface area contributed by atoms with Crippen LogP contribution >= 0.6 is 11.3 Å². The van der Waals surface area contributed by atoms with Gasteiger partial charge in [0.1, 0.15) is 0 Å². The molecule has 3 amide bonds. The van der Waals surface area contributed by atoms with E-state index < -0.39 is 0 Å². The number of anilines is 2. The zero-order valence-electron chi connectivity index (χ0n) is 13.3. The lowest BCUT2D eigenvalue weighted by Gasteiger charge is -2.16. The highest BCUT2D eigenvalue weighted by molar-refractivity contribution is 7.12. The second-order valence-electron chi connectivity index (χ2n) is 6.15. The average molecular weight is 352 g/mol. The summed E-state index contributed by atoms with van der Waals surface area (Å²) in [6.45, 7) is 0. The van der Waals surface area contributed by atoms with E-state index in [0.29, 0.717) is 29.1 Å². The summed E-state index contributed by atoms with van der Waals surface area (Å²) < 4.78 is 0. The molecule has 1 aromatic carbocycles. The van der Waals surface area contributed by atoms with E-state index in [2.05, 4.69) is 5.32 Å². The summed E-state index contributed by atoms with van der Waals surface area (Å²) in [4.78, 5) is 39.4. The number of carbonyl (C=O) groups excluding carboxylic acids is 3. The first kappa shape index (κ1) is 15.8. The van der Waals surface area contributed by atoms with Gasteiger partial charge in [-0.25, -0.2) is 4.90 Å². The maximum absolute atomic E-state index is 12.7. The highest BCUT2D eigenvalue weighted by Crippen LogP contribution is 2.38. The lowest BCUT2D eigenvalue weighted by atomic mass is 9.85. The zero-order chi connectivity index (χ0) is 17.4. The summed E-state index contributed by atoms with van der Waals surface area (Å²) in [5.41, 5.74) is 1.07. The molecule has 6 heteroatoms. The Morgan fingerprint density at radius 2 is 1.76 bits per heavy atom. The maximum Gasteiger partial charge on any atom is 0.265 e. The predicted molar refractivity (Wildman–Crippen MR) is 96.6 cm³/mol. The number of carbonyl (C=O) groups is 3. The summed E-state index contributed by atoms with van der Waals surface area (Å²) in [7, 11) is 0. The van der Waals surface area contributed by atoms with Gasteiger partial charge >= 0.3 is 0 Å². The second-order valence-corrected chi connectivity index (χ2v) is 7.10. The van der Waals surface area contributed by atoms with E-state index >= 15 is 0 Å². The van der Waals surface area contributed by atoms with Gasteiger partial charge in [0.25, 0.3) is 5.91 Å². The van der Waals surface area contributed by atoms with Crippen molar-refractivity contribution in [1.82, 2.24) is 0 Å². The Kier molecular flexibility index (Phi) is 3.97. The molecule has 2 heterocycles. The molecule has 1 fully saturated rings. The molecule has 0 spiro atoms. The first-order valence-electron chi connectivity index (χ1n) is 8.13. The largest absolute Gasteiger partial charge is 0.321 e. The van der Waals surface area contributed by atoms with Crippen LogP contribution in [0.2, 0.25) is 0 Å². The number of fused-ring (bicyclic) bond motifs is 1. The van der Waals surface area contributed by atoms with Crippen molar-refractivity contribution in [2.24, 2.45) is 11.8 Å². The SMILES string of the molecule is O=C(Nc1cccc(N2C(=O)[C@@H]3CC=CC[C@H]3C2=O)c1)c1cccs1. The maximum atomic E-state index is 12.7. The lowest BCUT2D eigenvalue weighted by molar-refractivity contribution is -0.122. The number of allylic oxidation sites excluding steroid dienone is 2. The van der Waals surface area contributed by atoms with Crippen molar-refractivity contribution in [2.45, 2.75) is 12.8 Å². The van der Waals surface area contributed by atoms with Crippen LogP contribution in [0.5, 0.6) is 0 Å². The number of hydrogen-bond donors (Lipinski definition) is 1. The topological polar surface area (TPSA) is 66.5 Å². The Morgan fingerprint density at radius 3 is 2.40 bits per heavy atom. The van der Waals surface area contributed by atoms with E-state index in [9.17, 15) is 14.4 Å². The number of imide groups is 1. The molecule has 2 aromatic rings. The van der Waals surface area contributed by atoms with Crippen molar-refractivity contribution in [3.8, 4) is 0 Å². The van der Waals surface area contributed by atoms with Gasteiger partial charge < -0.3 is 5.32 Å². The third-order valence-electron chi connectivity index (χ3n) is 4.61. The predicted octanol–water partition coefficient (Wildman–Crippen LogP) is 3.46. The molecule has 1 aliphatic carbocycles. The molecule has 4 rings (SSSR count). The summed E-state index contributed by atoms with van der Waals surface area (Å²) in [5, 5.41) is 4.65. The quantitative estimate of drug-likeness (QED) is 0.679. The molecule has 5 nitrogen and oxygen atoms in total. The van der Waals surface area contributed by atoms with E-state index in [1.54, 1.807) is 30.3 Å². The summed E-state index contributed by atoms with van der Waals surface area (Å²) in [6.07, 6.45) is 5.15. The number of rotatable bonds is 3. The smallest absolute Gasteiger partial charge is 0.265 e. The highest BCUT2D eigenvalue weighted by Gasteiger charge is 2.47. The molecule has 0 unspecified atom stereocenters. The third-order valence-corrected chi connectivity index (χ3v) is 5.48. The summed E-state index contributed by atoms with van der Waals surface area (Å²) in [6, 6.07) is 10.4. The molecule has 0 radical (unpaired) electrons. The number of nitrogens with zero attached hydrogens (tertiary/aromatic N) is 1. The number of nitrogens with one attached hydrogen (secondary N) is 1. The van der Waals surface area contributed by atoms with Gasteiger partial charge in [0, 0.05) is 5.69 Å². The van der Waals surface area contributed by atoms with Crippen LogP contribution in [-0.4, -0.2) is 17.7 Å². The molecular weight excluding hydrogens is 336 g/mol. The van der Waals surface area contributed by atoms with E-state index in [4.69, 9.17) is 0 Å². The Hall–Kier alpha value is -2.73. The van der Waals surface area contributed by atoms with Crippen LogP contribution in [-0.2, 0) is 9.59 Å². The van der Waals surface area contributed by atoms with Gasteiger partial charge in [0.05, 0.1) is 22.4 Å². The lowest BCUT2D eigenvalue weighted by Crippen LogP contribution is -2.30. The van der Waals surface area contributed by atoms with E-state index in [1.807, 2.05) is 23.6 Å². The molecule has 1 saturated heterocycles. The summed E-state index contributed by atoms with van der Waals surface area (Å²) in [5.74, 6) is -1.03. The van der Waals surface area contributed by atoms with Crippen LogP contribution < -0.4 is 10.2 Å². The van der Waals surface area contributed by atoms with Crippen molar-refractivity contribution in [2.75, 3.05) is 10.2 Å². The first-order valence-corrected chi connectivity index (χ1v) is 9.01. The van der Waals surface area contributed by atoms with Gasteiger partial charge in [-0.3, -0.25) is 14.4 Å². The third kappa shape index (κ3) is 2.78. The average Bonchev–Trinajstić information content (AvgIpc) is 3.24. The van der Waals surface area contributed by atoms with E-state index in [0.717, 1.165) is 0 Å². The minimum Gasteiger partial charge on any atom is -0.321 e. The molecule has 2 atom stereocenters. The molecule has 1 aliphatic heterocycles. The fraction of sp³-hybridized carbons (Fsp3) is 0.211. The van der Waals surface area contributed by atoms with Gasteiger partial charge in [-0.1, -0.05) is 24.3 Å². The van der Waals surface area contributed by atoms with E-state index in [1.165, 1.54) is 16.2 Å². The first-order chi connectivity index (χ1) is 12.1. The van der Waals surface area contributed by atoms with Gasteiger partial charge in [-0.05, 0) is 42.5 Å². The molecule has 2 aliphatic rings. The molecule has 0 saturated carbocycles. The minimum absolute atomic E-state index is 0.152. The van der Waals surface area contributed by atoms with Crippen molar-refractivity contribution in [3.63, 3.8) is 0 Å². The van der Waals surface area contributed by atoms with Gasteiger partial charge in [-0.2, -0.15) is 0 Å². The molecule has 1 N–H and O–H groups in total. The number of thiophene rings is 1.